The Kier molecular flexibility index (Phi) is 8.30. The van der Waals surface area contributed by atoms with E-state index in [-0.39, 0.29) is 11.4 Å². The van der Waals surface area contributed by atoms with Crippen molar-refractivity contribution in [1.82, 2.24) is 20.2 Å². The molecule has 2 N–H and O–H groups in total. The number of amides is 1. The Morgan fingerprint density at radius 3 is 2.69 bits per heavy atom. The second kappa shape index (κ2) is 11.4. The quantitative estimate of drug-likeness (QED) is 0.473. The number of likely N-dealkylation sites (tertiary alicyclic amines) is 1. The average Bonchev–Trinajstić information content (AvgIpc) is 2.86. The molecule has 8 nitrogen and oxygen atoms in total. The lowest BCUT2D eigenvalue weighted by Crippen LogP contribution is -2.29. The summed E-state index contributed by atoms with van der Waals surface area (Å²) >= 11 is 9.74. The number of rotatable bonds is 7. The van der Waals surface area contributed by atoms with Crippen LogP contribution in [0.3, 0.4) is 0 Å². The first-order chi connectivity index (χ1) is 16.9. The first kappa shape index (κ1) is 25.5. The normalized spacial score (nSPS) is 17.1. The highest BCUT2D eigenvalue weighted by Gasteiger charge is 2.23. The van der Waals surface area contributed by atoms with Crippen molar-refractivity contribution in [3.63, 3.8) is 0 Å². The second-order valence-corrected chi connectivity index (χ2v) is 9.97. The number of carbonyl (C=O) groups excluding carboxylic acids is 1. The van der Waals surface area contributed by atoms with Gasteiger partial charge in [0.1, 0.15) is 11.3 Å². The summed E-state index contributed by atoms with van der Waals surface area (Å²) in [6.45, 7) is 2.16. The van der Waals surface area contributed by atoms with E-state index in [1.54, 1.807) is 7.11 Å². The summed E-state index contributed by atoms with van der Waals surface area (Å²) in [6.07, 6.45) is 7.10. The van der Waals surface area contributed by atoms with Crippen LogP contribution in [0.2, 0.25) is 0 Å². The first-order valence-electron chi connectivity index (χ1n) is 11.5. The van der Waals surface area contributed by atoms with Crippen LogP contribution in [0.5, 0.6) is 11.6 Å². The summed E-state index contributed by atoms with van der Waals surface area (Å²) in [5.74, 6) is 1.37. The Balaban J connectivity index is 1.50. The number of halogens is 2. The highest BCUT2D eigenvalue weighted by Crippen LogP contribution is 2.36. The standard InChI is InChI=1S/C25H29BrClN5O3/c1-32-11-9-15(10-12-32)17-8-7-16(13-21(17)34-2)29-25-28-14-18(24(31-25)35-3)23(33)30-22-19(26)5-4-6-20(22)27/h6-8,13-15H,4-5,9-12H2,1-3H3,(H,30,33)(H,28,29,31). The van der Waals surface area contributed by atoms with Crippen LogP contribution in [0.4, 0.5) is 11.6 Å². The number of piperidine rings is 1. The zero-order valence-corrected chi connectivity index (χ0v) is 22.4. The van der Waals surface area contributed by atoms with E-state index in [1.165, 1.54) is 18.9 Å². The molecule has 0 radical (unpaired) electrons. The van der Waals surface area contributed by atoms with Gasteiger partial charge in [-0.2, -0.15) is 4.98 Å². The molecular formula is C25H29BrClN5O3. The van der Waals surface area contributed by atoms with Gasteiger partial charge in [0, 0.05) is 22.4 Å². The van der Waals surface area contributed by atoms with Crippen LogP contribution in [0, 0.1) is 0 Å². The third kappa shape index (κ3) is 5.97. The monoisotopic (exact) mass is 561 g/mol. The van der Waals surface area contributed by atoms with Crippen molar-refractivity contribution >= 4 is 45.1 Å². The van der Waals surface area contributed by atoms with Gasteiger partial charge in [0.15, 0.2) is 0 Å². The molecular weight excluding hydrogens is 534 g/mol. The fourth-order valence-corrected chi connectivity index (χ4v) is 5.23. The van der Waals surface area contributed by atoms with Gasteiger partial charge >= 0.3 is 0 Å². The van der Waals surface area contributed by atoms with Gasteiger partial charge in [-0.15, -0.1) is 0 Å². The highest BCUT2D eigenvalue weighted by molar-refractivity contribution is 9.11. The van der Waals surface area contributed by atoms with E-state index in [2.05, 4.69) is 54.5 Å². The van der Waals surface area contributed by atoms with Crippen molar-refractivity contribution in [1.29, 1.82) is 0 Å². The molecule has 35 heavy (non-hydrogen) atoms. The number of nitrogens with one attached hydrogen (secondary N) is 2. The van der Waals surface area contributed by atoms with Crippen LogP contribution in [0.15, 0.2) is 45.7 Å². The molecule has 2 heterocycles. The molecule has 1 aliphatic heterocycles. The topological polar surface area (TPSA) is 88.6 Å². The van der Waals surface area contributed by atoms with Gasteiger partial charge < -0.3 is 25.0 Å². The molecule has 1 aromatic heterocycles. The summed E-state index contributed by atoms with van der Waals surface area (Å²) in [5.41, 5.74) is 2.75. The maximum absolute atomic E-state index is 12.9. The van der Waals surface area contributed by atoms with Crippen molar-refractivity contribution in [2.24, 2.45) is 0 Å². The summed E-state index contributed by atoms with van der Waals surface area (Å²) in [6, 6.07) is 6.04. The molecule has 1 aromatic carbocycles. The zero-order chi connectivity index (χ0) is 24.9. The number of methoxy groups -OCH3 is 2. The van der Waals surface area contributed by atoms with Gasteiger partial charge in [0.2, 0.25) is 11.8 Å². The van der Waals surface area contributed by atoms with Crippen molar-refractivity contribution in [2.75, 3.05) is 39.7 Å². The SMILES string of the molecule is COc1cc(Nc2ncc(C(=O)NC3=C(Br)CCC=C3Cl)c(OC)n2)ccc1C1CCN(C)CC1. The highest BCUT2D eigenvalue weighted by atomic mass is 79.9. The van der Waals surface area contributed by atoms with E-state index in [1.807, 2.05) is 18.2 Å². The van der Waals surface area contributed by atoms with Gasteiger partial charge in [-0.05, 0) is 63.4 Å². The first-order valence-corrected chi connectivity index (χ1v) is 12.7. The number of carbonyl (C=O) groups is 1. The fourth-order valence-electron chi connectivity index (χ4n) is 4.30. The molecule has 2 aliphatic rings. The van der Waals surface area contributed by atoms with Gasteiger partial charge in [-0.3, -0.25) is 4.79 Å². The van der Waals surface area contributed by atoms with Crippen LogP contribution in [0.25, 0.3) is 0 Å². The van der Waals surface area contributed by atoms with Crippen LogP contribution >= 0.6 is 27.5 Å². The number of aromatic nitrogens is 2. The average molecular weight is 563 g/mol. The molecule has 0 atom stereocenters. The lowest BCUT2D eigenvalue weighted by Gasteiger charge is -2.30. The number of hydrogen-bond acceptors (Lipinski definition) is 7. The summed E-state index contributed by atoms with van der Waals surface area (Å²) in [7, 11) is 5.30. The molecule has 0 unspecified atom stereocenters. The molecule has 0 bridgehead atoms. The Hall–Kier alpha value is -2.62. The second-order valence-electron chi connectivity index (χ2n) is 8.60. The van der Waals surface area contributed by atoms with E-state index < -0.39 is 5.91 Å². The number of allylic oxidation sites excluding steroid dienone is 3. The summed E-state index contributed by atoms with van der Waals surface area (Å²) in [5, 5.41) is 6.50. The minimum atomic E-state index is -0.405. The summed E-state index contributed by atoms with van der Waals surface area (Å²) in [4.78, 5) is 24.0. The minimum Gasteiger partial charge on any atom is -0.496 e. The van der Waals surface area contributed by atoms with Crippen LogP contribution < -0.4 is 20.1 Å². The number of benzene rings is 1. The molecule has 1 aliphatic carbocycles. The minimum absolute atomic E-state index is 0.155. The third-order valence-electron chi connectivity index (χ3n) is 6.28. The molecule has 2 aromatic rings. The van der Waals surface area contributed by atoms with E-state index in [9.17, 15) is 4.79 Å². The number of hydrogen-bond donors (Lipinski definition) is 2. The molecule has 0 saturated carbocycles. The molecule has 1 saturated heterocycles. The molecule has 4 rings (SSSR count). The van der Waals surface area contributed by atoms with Gasteiger partial charge in [-0.25, -0.2) is 4.98 Å². The van der Waals surface area contributed by atoms with E-state index in [0.29, 0.717) is 22.6 Å². The van der Waals surface area contributed by atoms with Gasteiger partial charge in [0.25, 0.3) is 5.91 Å². The molecule has 0 spiro atoms. The maximum Gasteiger partial charge on any atom is 0.262 e. The van der Waals surface area contributed by atoms with Gasteiger partial charge in [-0.1, -0.05) is 39.7 Å². The smallest absolute Gasteiger partial charge is 0.262 e. The molecule has 10 heteroatoms. The van der Waals surface area contributed by atoms with Gasteiger partial charge in [0.05, 0.1) is 24.9 Å². The van der Waals surface area contributed by atoms with Crippen molar-refractivity contribution in [2.45, 2.75) is 31.6 Å². The van der Waals surface area contributed by atoms with Crippen LogP contribution in [-0.4, -0.2) is 55.1 Å². The Morgan fingerprint density at radius 2 is 2.00 bits per heavy atom. The number of ether oxygens (including phenoxy) is 2. The van der Waals surface area contributed by atoms with E-state index in [0.717, 1.165) is 54.7 Å². The Labute approximate surface area is 218 Å². The molecule has 186 valence electrons. The number of nitrogens with zero attached hydrogens (tertiary/aromatic N) is 3. The molecule has 1 fully saturated rings. The predicted octanol–water partition coefficient (Wildman–Crippen LogP) is 5.30. The zero-order valence-electron chi connectivity index (χ0n) is 20.0. The maximum atomic E-state index is 12.9. The van der Waals surface area contributed by atoms with Crippen molar-refractivity contribution < 1.29 is 14.3 Å². The fraction of sp³-hybridized carbons (Fsp3) is 0.400. The summed E-state index contributed by atoms with van der Waals surface area (Å²) < 4.78 is 11.9. The predicted molar refractivity (Wildman–Crippen MR) is 141 cm³/mol. The van der Waals surface area contributed by atoms with E-state index >= 15 is 0 Å². The number of anilines is 2. The van der Waals surface area contributed by atoms with Crippen LogP contribution in [-0.2, 0) is 0 Å². The van der Waals surface area contributed by atoms with Crippen molar-refractivity contribution in [3.05, 3.63) is 56.8 Å². The largest absolute Gasteiger partial charge is 0.496 e. The van der Waals surface area contributed by atoms with Crippen LogP contribution in [0.1, 0.15) is 47.5 Å². The lowest BCUT2D eigenvalue weighted by molar-refractivity contribution is 0.0962. The molecule has 1 amide bonds. The van der Waals surface area contributed by atoms with E-state index in [4.69, 9.17) is 21.1 Å². The third-order valence-corrected chi connectivity index (χ3v) is 7.41. The lowest BCUT2D eigenvalue weighted by atomic mass is 9.89. The Morgan fingerprint density at radius 1 is 1.23 bits per heavy atom. The van der Waals surface area contributed by atoms with Crippen molar-refractivity contribution in [3.8, 4) is 11.6 Å². The Bertz CT molecular complexity index is 1160.